The average molecular weight is 666 g/mol. The second kappa shape index (κ2) is 11.8. The molecule has 8 nitrogen and oxygen atoms in total. The second-order valence-electron chi connectivity index (χ2n) is 14.0. The number of hydrogen-bond donors (Lipinski definition) is 3. The number of para-hydroxylation sites is 1. The summed E-state index contributed by atoms with van der Waals surface area (Å²) < 4.78 is 10.5. The Morgan fingerprint density at radius 1 is 0.898 bits per heavy atom. The Morgan fingerprint density at radius 2 is 1.76 bits per heavy atom. The Balaban J connectivity index is 1.07. The van der Waals surface area contributed by atoms with Crippen molar-refractivity contribution in [1.29, 1.82) is 0 Å². The van der Waals surface area contributed by atoms with E-state index >= 15 is 0 Å². The van der Waals surface area contributed by atoms with Crippen LogP contribution in [0.4, 0.5) is 0 Å². The molecule has 0 spiro atoms. The Labute approximate surface area is 289 Å². The Hall–Kier alpha value is -4.57. The van der Waals surface area contributed by atoms with Gasteiger partial charge >= 0.3 is 0 Å². The molecule has 4 aliphatic rings. The van der Waals surface area contributed by atoms with Crippen molar-refractivity contribution in [3.63, 3.8) is 0 Å². The molecule has 7 heterocycles. The summed E-state index contributed by atoms with van der Waals surface area (Å²) in [7, 11) is 0. The van der Waals surface area contributed by atoms with Gasteiger partial charge in [0, 0.05) is 34.5 Å². The van der Waals surface area contributed by atoms with Crippen molar-refractivity contribution >= 4 is 43.7 Å². The number of hydrogen-bond acceptors (Lipinski definition) is 7. The van der Waals surface area contributed by atoms with Gasteiger partial charge in [-0.25, -0.2) is 9.97 Å². The van der Waals surface area contributed by atoms with E-state index in [0.29, 0.717) is 18.0 Å². The zero-order valence-corrected chi connectivity index (χ0v) is 28.4. The smallest absolute Gasteiger partial charge is 0.229 e. The fourth-order valence-corrected chi connectivity index (χ4v) is 9.24. The average Bonchev–Trinajstić information content (AvgIpc) is 3.97. The molecule has 0 bridgehead atoms. The normalized spacial score (nSPS) is 23.6. The van der Waals surface area contributed by atoms with Crippen molar-refractivity contribution in [2.75, 3.05) is 13.1 Å². The van der Waals surface area contributed by atoms with Crippen LogP contribution in [0.15, 0.2) is 84.1 Å². The molecule has 3 aromatic carbocycles. The largest absolute Gasteiger partial charge is 0.463 e. The maximum atomic E-state index is 7.02. The number of nitrogens with zero attached hydrogens (tertiary/aromatic N) is 4. The Bertz CT molecular complexity index is 2250. The highest BCUT2D eigenvalue weighted by Crippen LogP contribution is 2.47. The fraction of sp³-hybridized carbons (Fsp3) is 0.325. The van der Waals surface area contributed by atoms with Gasteiger partial charge in [0.15, 0.2) is 5.01 Å². The Kier molecular flexibility index (Phi) is 7.06. The van der Waals surface area contributed by atoms with Crippen LogP contribution in [-0.4, -0.2) is 44.4 Å². The zero-order valence-electron chi connectivity index (χ0n) is 27.6. The van der Waals surface area contributed by atoms with Gasteiger partial charge in [-0.1, -0.05) is 31.2 Å². The summed E-state index contributed by atoms with van der Waals surface area (Å²) in [6, 6.07) is 24.8. The summed E-state index contributed by atoms with van der Waals surface area (Å²) in [5, 5.41) is 9.33. The second-order valence-corrected chi connectivity index (χ2v) is 15.1. The van der Waals surface area contributed by atoms with E-state index in [2.05, 4.69) is 100 Å². The minimum atomic E-state index is -0.383. The molecular formula is C40H39N7OS. The molecule has 2 saturated heterocycles. The highest BCUT2D eigenvalue weighted by molar-refractivity contribution is 7.18. The molecule has 4 atom stereocenters. The molecule has 49 heavy (non-hydrogen) atoms. The van der Waals surface area contributed by atoms with Crippen LogP contribution in [0.2, 0.25) is 0 Å². The molecule has 0 radical (unpaired) electrons. The zero-order chi connectivity index (χ0) is 32.5. The van der Waals surface area contributed by atoms with Crippen molar-refractivity contribution in [3.8, 4) is 28.3 Å². The quantitative estimate of drug-likeness (QED) is 0.172. The molecule has 10 rings (SSSR count). The topological polar surface area (TPSA) is 92.1 Å². The van der Waals surface area contributed by atoms with E-state index in [-0.39, 0.29) is 6.23 Å². The highest BCUT2D eigenvalue weighted by atomic mass is 32.1. The number of benzene rings is 3. The van der Waals surface area contributed by atoms with Gasteiger partial charge < -0.3 is 20.4 Å². The van der Waals surface area contributed by atoms with Gasteiger partial charge in [0.25, 0.3) is 0 Å². The molecule has 9 heteroatoms. The summed E-state index contributed by atoms with van der Waals surface area (Å²) >= 11 is 1.71. The number of aromatic amines is 1. The lowest BCUT2D eigenvalue weighted by molar-refractivity contribution is 0.173. The first-order valence-electron chi connectivity index (χ1n) is 17.8. The van der Waals surface area contributed by atoms with E-state index in [0.717, 1.165) is 92.6 Å². The number of imidazole rings is 1. The minimum Gasteiger partial charge on any atom is -0.463 e. The maximum Gasteiger partial charge on any atom is 0.229 e. The van der Waals surface area contributed by atoms with Gasteiger partial charge in [0.1, 0.15) is 11.6 Å². The molecular weight excluding hydrogens is 627 g/mol. The fourth-order valence-electron chi connectivity index (χ4n) is 8.26. The van der Waals surface area contributed by atoms with Gasteiger partial charge in [-0.05, 0) is 111 Å². The van der Waals surface area contributed by atoms with Crippen molar-refractivity contribution in [2.45, 2.75) is 63.8 Å². The van der Waals surface area contributed by atoms with E-state index in [1.54, 1.807) is 11.3 Å². The molecule has 4 unspecified atom stereocenters. The number of H-pyrrole nitrogens is 1. The number of ether oxygens (including phenoxy) is 1. The van der Waals surface area contributed by atoms with E-state index in [1.807, 2.05) is 6.20 Å². The third-order valence-corrected chi connectivity index (χ3v) is 12.0. The van der Waals surface area contributed by atoms with Gasteiger partial charge in [-0.2, -0.15) is 0 Å². The lowest BCUT2D eigenvalue weighted by Crippen LogP contribution is -2.34. The summed E-state index contributed by atoms with van der Waals surface area (Å²) in [6.45, 7) is 4.47. The Morgan fingerprint density at radius 3 is 2.61 bits per heavy atom. The molecule has 3 N–H and O–H groups in total. The van der Waals surface area contributed by atoms with Crippen LogP contribution < -0.4 is 15.4 Å². The molecule has 0 saturated carbocycles. The first-order chi connectivity index (χ1) is 24.2. The predicted octanol–water partition coefficient (Wildman–Crippen LogP) is 8.64. The number of aromatic nitrogens is 4. The molecule has 246 valence electrons. The van der Waals surface area contributed by atoms with Gasteiger partial charge in [0.05, 0.1) is 39.4 Å². The summed E-state index contributed by atoms with van der Waals surface area (Å²) in [5.74, 6) is 2.38. The number of aliphatic imine (C=N–C) groups is 1. The van der Waals surface area contributed by atoms with Crippen molar-refractivity contribution < 1.29 is 4.74 Å². The number of nitrogens with one attached hydrogen (secondary N) is 3. The van der Waals surface area contributed by atoms with Crippen LogP contribution in [0, 0.1) is 5.92 Å². The third kappa shape index (κ3) is 5.06. The van der Waals surface area contributed by atoms with E-state index in [1.165, 1.54) is 36.1 Å². The van der Waals surface area contributed by atoms with Crippen LogP contribution in [0.1, 0.15) is 74.1 Å². The SMILES string of the molecule is CC1CCC(c2ccc3c(c2)OC(c2nc4ccccc4s2)n2c-3cc3cc(-c4cnc(C5CCCN5)[nH]4)ccc32)=CN=C1C1CCCN1. The number of thiazole rings is 1. The van der Waals surface area contributed by atoms with Gasteiger partial charge in [0.2, 0.25) is 6.23 Å². The van der Waals surface area contributed by atoms with Crippen LogP contribution in [0.3, 0.4) is 0 Å². The lowest BCUT2D eigenvalue weighted by atomic mass is 9.91. The number of fused-ring (bicyclic) bond motifs is 6. The van der Waals surface area contributed by atoms with Crippen LogP contribution >= 0.6 is 11.3 Å². The number of rotatable bonds is 5. The molecule has 2 fully saturated rings. The third-order valence-electron chi connectivity index (χ3n) is 10.9. The molecule has 0 amide bonds. The van der Waals surface area contributed by atoms with E-state index in [4.69, 9.17) is 19.7 Å². The molecule has 3 aromatic heterocycles. The van der Waals surface area contributed by atoms with Crippen molar-refractivity contribution in [3.05, 3.63) is 95.5 Å². The van der Waals surface area contributed by atoms with Crippen LogP contribution in [0.25, 0.3) is 49.2 Å². The van der Waals surface area contributed by atoms with E-state index in [9.17, 15) is 0 Å². The summed E-state index contributed by atoms with van der Waals surface area (Å²) in [5.41, 5.74) is 10.3. The molecule has 4 aliphatic heterocycles. The molecule has 0 aliphatic carbocycles. The van der Waals surface area contributed by atoms with E-state index < -0.39 is 0 Å². The van der Waals surface area contributed by atoms with Crippen LogP contribution in [-0.2, 0) is 0 Å². The van der Waals surface area contributed by atoms with Gasteiger partial charge in [-0.3, -0.25) is 9.56 Å². The first-order valence-corrected chi connectivity index (χ1v) is 18.6. The summed E-state index contributed by atoms with van der Waals surface area (Å²) in [6.07, 6.45) is 10.5. The number of allylic oxidation sites excluding steroid dienone is 1. The van der Waals surface area contributed by atoms with Crippen molar-refractivity contribution in [1.82, 2.24) is 30.2 Å². The standard InChI is InChI=1S/C40H39N7OS/c1-23-10-11-26(21-43-37(23)30-7-4-16-41-30)24-12-14-28-34-19-27-18-25(32-22-44-38(45-32)31-8-5-17-42-31)13-15-33(27)47(34)40(48-35(28)20-24)39-46-29-6-2-3-9-36(29)49-39/h2-3,6,9,12-15,18-23,30-31,40-42H,4-5,7-8,10-11,16-17H2,1H3,(H,44,45). The highest BCUT2D eigenvalue weighted by Gasteiger charge is 2.32. The summed E-state index contributed by atoms with van der Waals surface area (Å²) in [4.78, 5) is 18.5. The van der Waals surface area contributed by atoms with Crippen LogP contribution in [0.5, 0.6) is 5.75 Å². The van der Waals surface area contributed by atoms with Crippen molar-refractivity contribution in [2.24, 2.45) is 10.9 Å². The lowest BCUT2D eigenvalue weighted by Gasteiger charge is -2.29. The monoisotopic (exact) mass is 665 g/mol. The maximum absolute atomic E-state index is 7.02. The molecule has 6 aromatic rings. The first kappa shape index (κ1) is 29.4. The van der Waals surface area contributed by atoms with Gasteiger partial charge in [-0.15, -0.1) is 11.3 Å². The predicted molar refractivity (Wildman–Crippen MR) is 198 cm³/mol. The minimum absolute atomic E-state index is 0.308.